The van der Waals surface area contributed by atoms with Gasteiger partial charge in [-0.1, -0.05) is 23.7 Å². The highest BCUT2D eigenvalue weighted by molar-refractivity contribution is 6.32. The predicted octanol–water partition coefficient (Wildman–Crippen LogP) is 4.32. The van der Waals surface area contributed by atoms with E-state index in [2.05, 4.69) is 10.4 Å². The zero-order valence-corrected chi connectivity index (χ0v) is 12.9. The molecule has 24 heavy (non-hydrogen) atoms. The number of aromatic hydroxyl groups is 1. The van der Waals surface area contributed by atoms with Gasteiger partial charge < -0.3 is 10.4 Å². The number of rotatable bonds is 5. The lowest BCUT2D eigenvalue weighted by Gasteiger charge is -2.16. The zero-order chi connectivity index (χ0) is 18.0. The number of alkyl halides is 4. The van der Waals surface area contributed by atoms with E-state index in [1.807, 2.05) is 0 Å². The Bertz CT molecular complexity index is 752. The van der Waals surface area contributed by atoms with E-state index >= 15 is 0 Å². The largest absolute Gasteiger partial charge is 0.506 e. The van der Waals surface area contributed by atoms with Crippen molar-refractivity contribution >= 4 is 23.2 Å². The number of carbonyl (C=O) groups is 1. The number of aromatic nitrogens is 2. The fourth-order valence-corrected chi connectivity index (χ4v) is 2.29. The second kappa shape index (κ2) is 7.08. The standard InChI is InChI=1S/C14H12ClF4N3O2/c1-6(14(24)20-7-4-2-3-5-8(7)23)22-11(13(18)19)9(15)10(21-22)12(16)17/h2-6,12-13,23H,1H3,(H,20,24). The van der Waals surface area contributed by atoms with Gasteiger partial charge >= 0.3 is 0 Å². The van der Waals surface area contributed by atoms with Gasteiger partial charge in [0.1, 0.15) is 23.2 Å². The molecule has 0 fully saturated rings. The van der Waals surface area contributed by atoms with Gasteiger partial charge in [0.05, 0.1) is 10.7 Å². The molecular weight excluding hydrogens is 354 g/mol. The molecule has 0 spiro atoms. The van der Waals surface area contributed by atoms with E-state index in [0.29, 0.717) is 4.68 Å². The molecule has 0 aliphatic carbocycles. The predicted molar refractivity (Wildman–Crippen MR) is 78.6 cm³/mol. The average Bonchev–Trinajstić information content (AvgIpc) is 2.86. The van der Waals surface area contributed by atoms with Crippen molar-refractivity contribution in [3.05, 3.63) is 40.7 Å². The SMILES string of the molecule is CC(C(=O)Nc1ccccc1O)n1nc(C(F)F)c(Cl)c1C(F)F. The van der Waals surface area contributed by atoms with Crippen LogP contribution in [0.2, 0.25) is 5.02 Å². The van der Waals surface area contributed by atoms with Crippen molar-refractivity contribution in [1.82, 2.24) is 9.78 Å². The molecule has 1 aromatic heterocycles. The van der Waals surface area contributed by atoms with Crippen LogP contribution in [-0.2, 0) is 4.79 Å². The number of para-hydroxylation sites is 2. The number of nitrogens with one attached hydrogen (secondary N) is 1. The van der Waals surface area contributed by atoms with Crippen LogP contribution in [0.5, 0.6) is 5.75 Å². The molecule has 0 bridgehead atoms. The van der Waals surface area contributed by atoms with Crippen molar-refractivity contribution < 1.29 is 27.5 Å². The topological polar surface area (TPSA) is 67.2 Å². The van der Waals surface area contributed by atoms with Crippen molar-refractivity contribution in [2.45, 2.75) is 25.8 Å². The van der Waals surface area contributed by atoms with Crippen LogP contribution in [0.4, 0.5) is 23.2 Å². The first kappa shape index (κ1) is 18.1. The van der Waals surface area contributed by atoms with Crippen LogP contribution < -0.4 is 5.32 Å². The van der Waals surface area contributed by atoms with Crippen molar-refractivity contribution in [3.63, 3.8) is 0 Å². The lowest BCUT2D eigenvalue weighted by atomic mass is 10.2. The highest BCUT2D eigenvalue weighted by atomic mass is 35.5. The van der Waals surface area contributed by atoms with Crippen molar-refractivity contribution in [1.29, 1.82) is 0 Å². The van der Waals surface area contributed by atoms with E-state index in [-0.39, 0.29) is 11.4 Å². The van der Waals surface area contributed by atoms with Gasteiger partial charge in [-0.2, -0.15) is 5.10 Å². The molecule has 0 aliphatic rings. The molecule has 5 nitrogen and oxygen atoms in total. The molecule has 1 aromatic carbocycles. The summed E-state index contributed by atoms with van der Waals surface area (Å²) < 4.78 is 52.3. The second-order valence-electron chi connectivity index (χ2n) is 4.81. The molecular formula is C14H12ClF4N3O2. The van der Waals surface area contributed by atoms with Gasteiger partial charge in [0.15, 0.2) is 0 Å². The number of phenolic OH excluding ortho intramolecular Hbond substituents is 1. The Hall–Kier alpha value is -2.29. The monoisotopic (exact) mass is 365 g/mol. The van der Waals surface area contributed by atoms with Gasteiger partial charge in [-0.25, -0.2) is 22.2 Å². The van der Waals surface area contributed by atoms with Gasteiger partial charge in [-0.05, 0) is 19.1 Å². The maximum absolute atomic E-state index is 13.1. The summed E-state index contributed by atoms with van der Waals surface area (Å²) in [5.74, 6) is -1.07. The molecule has 1 amide bonds. The van der Waals surface area contributed by atoms with Crippen LogP contribution in [0.3, 0.4) is 0 Å². The molecule has 1 heterocycles. The number of anilines is 1. The maximum atomic E-state index is 13.1. The summed E-state index contributed by atoms with van der Waals surface area (Å²) in [5, 5.41) is 14.4. The normalized spacial score (nSPS) is 12.7. The number of carbonyl (C=O) groups excluding carboxylic acids is 1. The van der Waals surface area contributed by atoms with Gasteiger partial charge in [0.25, 0.3) is 12.9 Å². The van der Waals surface area contributed by atoms with Crippen LogP contribution >= 0.6 is 11.6 Å². The van der Waals surface area contributed by atoms with E-state index in [1.54, 1.807) is 0 Å². The summed E-state index contributed by atoms with van der Waals surface area (Å²) in [7, 11) is 0. The summed E-state index contributed by atoms with van der Waals surface area (Å²) in [6.45, 7) is 1.19. The first-order valence-electron chi connectivity index (χ1n) is 6.67. The lowest BCUT2D eigenvalue weighted by Crippen LogP contribution is -2.26. The number of phenols is 1. The molecule has 130 valence electrons. The molecule has 0 aliphatic heterocycles. The molecule has 10 heteroatoms. The van der Waals surface area contributed by atoms with Crippen molar-refractivity contribution in [2.75, 3.05) is 5.32 Å². The molecule has 2 rings (SSSR count). The van der Waals surface area contributed by atoms with Gasteiger partial charge in [-0.3, -0.25) is 4.79 Å². The van der Waals surface area contributed by atoms with E-state index in [0.717, 1.165) is 0 Å². The Morgan fingerprint density at radius 1 is 1.25 bits per heavy atom. The van der Waals surface area contributed by atoms with Crippen LogP contribution in [-0.4, -0.2) is 20.8 Å². The summed E-state index contributed by atoms with van der Waals surface area (Å²) in [6.07, 6.45) is -6.36. The van der Waals surface area contributed by atoms with Crippen LogP contribution in [0, 0.1) is 0 Å². The fourth-order valence-electron chi connectivity index (χ4n) is 2.00. The number of amides is 1. The molecule has 2 N–H and O–H groups in total. The summed E-state index contributed by atoms with van der Waals surface area (Å²) >= 11 is 5.54. The molecule has 0 saturated carbocycles. The third kappa shape index (κ3) is 3.45. The smallest absolute Gasteiger partial charge is 0.283 e. The minimum Gasteiger partial charge on any atom is -0.506 e. The van der Waals surface area contributed by atoms with Gasteiger partial charge in [-0.15, -0.1) is 0 Å². The van der Waals surface area contributed by atoms with Crippen molar-refractivity contribution in [2.24, 2.45) is 0 Å². The van der Waals surface area contributed by atoms with Crippen LogP contribution in [0.15, 0.2) is 24.3 Å². The van der Waals surface area contributed by atoms with E-state index in [1.165, 1.54) is 31.2 Å². The Morgan fingerprint density at radius 2 is 1.88 bits per heavy atom. The molecule has 1 unspecified atom stereocenters. The quantitative estimate of drug-likeness (QED) is 0.612. The Kier molecular flexibility index (Phi) is 5.33. The lowest BCUT2D eigenvalue weighted by molar-refractivity contribution is -0.119. The third-order valence-corrected chi connectivity index (χ3v) is 3.62. The Balaban J connectivity index is 2.35. The van der Waals surface area contributed by atoms with Crippen LogP contribution in [0.1, 0.15) is 37.2 Å². The number of hydrogen-bond donors (Lipinski definition) is 2. The fraction of sp³-hybridized carbons (Fsp3) is 0.286. The second-order valence-corrected chi connectivity index (χ2v) is 5.19. The summed E-state index contributed by atoms with van der Waals surface area (Å²) in [4.78, 5) is 12.2. The average molecular weight is 366 g/mol. The van der Waals surface area contributed by atoms with Crippen molar-refractivity contribution in [3.8, 4) is 5.75 Å². The summed E-state index contributed by atoms with van der Waals surface area (Å²) in [5.41, 5.74) is -1.94. The number of nitrogens with zero attached hydrogens (tertiary/aromatic N) is 2. The van der Waals surface area contributed by atoms with E-state index in [4.69, 9.17) is 11.6 Å². The Morgan fingerprint density at radius 3 is 2.42 bits per heavy atom. The highest BCUT2D eigenvalue weighted by Crippen LogP contribution is 2.36. The van der Waals surface area contributed by atoms with E-state index < -0.39 is 41.2 Å². The molecule has 2 aromatic rings. The zero-order valence-electron chi connectivity index (χ0n) is 12.2. The molecule has 0 radical (unpaired) electrons. The molecule has 0 saturated heterocycles. The number of benzene rings is 1. The maximum Gasteiger partial charge on any atom is 0.283 e. The van der Waals surface area contributed by atoms with Crippen LogP contribution in [0.25, 0.3) is 0 Å². The first-order valence-corrected chi connectivity index (χ1v) is 7.04. The minimum absolute atomic E-state index is 0.0419. The number of hydrogen-bond acceptors (Lipinski definition) is 3. The Labute approximate surface area is 138 Å². The highest BCUT2D eigenvalue weighted by Gasteiger charge is 2.31. The van der Waals surface area contributed by atoms with E-state index in [9.17, 15) is 27.5 Å². The van der Waals surface area contributed by atoms with Gasteiger partial charge in [0, 0.05) is 0 Å². The minimum atomic E-state index is -3.20. The third-order valence-electron chi connectivity index (χ3n) is 3.23. The number of halogens is 5. The van der Waals surface area contributed by atoms with Gasteiger partial charge in [0.2, 0.25) is 5.91 Å². The first-order chi connectivity index (χ1) is 11.2. The summed E-state index contributed by atoms with van der Waals surface area (Å²) in [6, 6.07) is 4.38. The molecule has 1 atom stereocenters.